The Labute approximate surface area is 140 Å². The predicted molar refractivity (Wildman–Crippen MR) is 86.5 cm³/mol. The summed E-state index contributed by atoms with van der Waals surface area (Å²) in [5.74, 6) is -1.09. The molecule has 1 aromatic rings. The van der Waals surface area contributed by atoms with Crippen molar-refractivity contribution in [3.63, 3.8) is 0 Å². The van der Waals surface area contributed by atoms with E-state index in [9.17, 15) is 14.4 Å². The molecule has 0 spiro atoms. The number of nitrogens with zero attached hydrogens (tertiary/aromatic N) is 1. The van der Waals surface area contributed by atoms with Crippen molar-refractivity contribution in [3.8, 4) is 0 Å². The Bertz CT molecular complexity index is 644. The van der Waals surface area contributed by atoms with E-state index >= 15 is 0 Å². The van der Waals surface area contributed by atoms with Crippen molar-refractivity contribution in [1.29, 1.82) is 0 Å². The molecular weight excluding hydrogens is 310 g/mol. The number of fused-ring (bicyclic) bond motifs is 1. The number of aromatic carboxylic acids is 1. The molecule has 0 aromatic heterocycles. The van der Waals surface area contributed by atoms with Crippen molar-refractivity contribution >= 4 is 17.9 Å². The van der Waals surface area contributed by atoms with Gasteiger partial charge in [-0.2, -0.15) is 0 Å². The molecule has 3 rings (SSSR count). The zero-order chi connectivity index (χ0) is 17.1. The van der Waals surface area contributed by atoms with Crippen LogP contribution < -0.4 is 10.6 Å². The highest BCUT2D eigenvalue weighted by Crippen LogP contribution is 2.25. The molecule has 0 bridgehead atoms. The maximum Gasteiger partial charge on any atom is 0.335 e. The zero-order valence-electron chi connectivity index (χ0n) is 13.3. The van der Waals surface area contributed by atoms with Gasteiger partial charge in [-0.15, -0.1) is 0 Å². The molecule has 0 radical (unpaired) electrons. The number of hydrogen-bond acceptors (Lipinski definition) is 3. The maximum atomic E-state index is 12.5. The lowest BCUT2D eigenvalue weighted by Crippen LogP contribution is -2.64. The van der Waals surface area contributed by atoms with Crippen LogP contribution in [0.2, 0.25) is 0 Å². The average Bonchev–Trinajstić information content (AvgIpc) is 2.59. The molecule has 3 amide bonds. The first-order chi connectivity index (χ1) is 11.5. The number of urea groups is 1. The number of rotatable bonds is 3. The van der Waals surface area contributed by atoms with Gasteiger partial charge in [0, 0.05) is 12.6 Å². The van der Waals surface area contributed by atoms with E-state index in [2.05, 4.69) is 10.6 Å². The van der Waals surface area contributed by atoms with E-state index in [-0.39, 0.29) is 36.1 Å². The second-order valence-electron chi connectivity index (χ2n) is 6.31. The van der Waals surface area contributed by atoms with Crippen LogP contribution in [0.5, 0.6) is 0 Å². The molecule has 2 unspecified atom stereocenters. The van der Waals surface area contributed by atoms with Gasteiger partial charge in [-0.1, -0.05) is 25.0 Å². The van der Waals surface area contributed by atoms with E-state index in [1.807, 2.05) is 0 Å². The number of carboxylic acids is 1. The standard InChI is InChI=1S/C17H21N3O4/c21-15-10-20(14-4-2-1-3-13(14)19-15)17(24)18-9-11-5-7-12(8-6-11)16(22)23/h5-8,13-14H,1-4,9-10H2,(H,18,24)(H,19,21)(H,22,23). The van der Waals surface area contributed by atoms with Gasteiger partial charge in [-0.3, -0.25) is 4.79 Å². The van der Waals surface area contributed by atoms with E-state index < -0.39 is 5.97 Å². The Kier molecular flexibility index (Phi) is 4.69. The molecule has 1 heterocycles. The minimum atomic E-state index is -0.978. The molecule has 3 N–H and O–H groups in total. The smallest absolute Gasteiger partial charge is 0.335 e. The van der Waals surface area contributed by atoms with Crippen molar-refractivity contribution < 1.29 is 19.5 Å². The Morgan fingerprint density at radius 1 is 1.21 bits per heavy atom. The number of nitrogens with one attached hydrogen (secondary N) is 2. The predicted octanol–water partition coefficient (Wildman–Crippen LogP) is 1.34. The van der Waals surface area contributed by atoms with Crippen LogP contribution in [0.25, 0.3) is 0 Å². The van der Waals surface area contributed by atoms with E-state index in [1.54, 1.807) is 17.0 Å². The van der Waals surface area contributed by atoms with E-state index in [1.165, 1.54) is 12.1 Å². The van der Waals surface area contributed by atoms with Crippen LogP contribution in [0.15, 0.2) is 24.3 Å². The van der Waals surface area contributed by atoms with E-state index in [0.717, 1.165) is 31.2 Å². The summed E-state index contributed by atoms with van der Waals surface area (Å²) in [5, 5.41) is 14.7. The number of carbonyl (C=O) groups excluding carboxylic acids is 2. The van der Waals surface area contributed by atoms with Gasteiger partial charge in [-0.25, -0.2) is 9.59 Å². The monoisotopic (exact) mass is 331 g/mol. The molecule has 1 saturated heterocycles. The van der Waals surface area contributed by atoms with Crippen LogP contribution in [0.3, 0.4) is 0 Å². The fraction of sp³-hybridized carbons (Fsp3) is 0.471. The maximum absolute atomic E-state index is 12.5. The quantitative estimate of drug-likeness (QED) is 0.778. The van der Waals surface area contributed by atoms with Crippen LogP contribution in [-0.4, -0.2) is 46.5 Å². The highest BCUT2D eigenvalue weighted by atomic mass is 16.4. The topological polar surface area (TPSA) is 98.7 Å². The summed E-state index contributed by atoms with van der Waals surface area (Å²) >= 11 is 0. The van der Waals surface area contributed by atoms with Crippen LogP contribution in [-0.2, 0) is 11.3 Å². The molecule has 1 aliphatic carbocycles. The second kappa shape index (κ2) is 6.90. The number of carbonyl (C=O) groups is 3. The molecule has 1 aliphatic heterocycles. The first-order valence-corrected chi connectivity index (χ1v) is 8.20. The van der Waals surface area contributed by atoms with Gasteiger partial charge < -0.3 is 20.6 Å². The number of piperazine rings is 1. The summed E-state index contributed by atoms with van der Waals surface area (Å²) in [5.41, 5.74) is 1.03. The Balaban J connectivity index is 1.61. The zero-order valence-corrected chi connectivity index (χ0v) is 13.3. The first kappa shape index (κ1) is 16.3. The average molecular weight is 331 g/mol. The lowest BCUT2D eigenvalue weighted by Gasteiger charge is -2.43. The fourth-order valence-corrected chi connectivity index (χ4v) is 3.44. The normalized spacial score (nSPS) is 23.2. The summed E-state index contributed by atoms with van der Waals surface area (Å²) in [6.07, 6.45) is 3.97. The van der Waals surface area contributed by atoms with Crippen LogP contribution in [0.1, 0.15) is 41.6 Å². The van der Waals surface area contributed by atoms with Crippen molar-refractivity contribution in [3.05, 3.63) is 35.4 Å². The van der Waals surface area contributed by atoms with Crippen molar-refractivity contribution in [2.24, 2.45) is 0 Å². The molecule has 1 saturated carbocycles. The summed E-state index contributed by atoms with van der Waals surface area (Å²) in [6.45, 7) is 0.388. The number of amides is 3. The lowest BCUT2D eigenvalue weighted by atomic mass is 9.87. The third kappa shape index (κ3) is 3.50. The summed E-state index contributed by atoms with van der Waals surface area (Å²) in [7, 11) is 0. The van der Waals surface area contributed by atoms with Gasteiger partial charge in [0.25, 0.3) is 0 Å². The molecule has 24 heavy (non-hydrogen) atoms. The molecule has 2 atom stereocenters. The molecule has 128 valence electrons. The van der Waals surface area contributed by atoms with Gasteiger partial charge in [0.1, 0.15) is 6.54 Å². The van der Waals surface area contributed by atoms with Gasteiger partial charge in [-0.05, 0) is 30.5 Å². The minimum absolute atomic E-state index is 0.0561. The largest absolute Gasteiger partial charge is 0.478 e. The van der Waals surface area contributed by atoms with Gasteiger partial charge in [0.15, 0.2) is 0 Å². The molecule has 7 heteroatoms. The van der Waals surface area contributed by atoms with Gasteiger partial charge in [0.05, 0.1) is 11.6 Å². The van der Waals surface area contributed by atoms with Crippen LogP contribution in [0.4, 0.5) is 4.79 Å². The third-order valence-corrected chi connectivity index (χ3v) is 4.70. The fourth-order valence-electron chi connectivity index (χ4n) is 3.44. The Morgan fingerprint density at radius 3 is 2.62 bits per heavy atom. The number of hydrogen-bond donors (Lipinski definition) is 3. The Hall–Kier alpha value is -2.57. The van der Waals surface area contributed by atoms with Crippen molar-refractivity contribution in [2.45, 2.75) is 44.3 Å². The molecule has 2 aliphatic rings. The third-order valence-electron chi connectivity index (χ3n) is 4.70. The van der Waals surface area contributed by atoms with Crippen LogP contribution >= 0.6 is 0 Å². The highest BCUT2D eigenvalue weighted by molar-refractivity contribution is 5.87. The molecule has 1 aromatic carbocycles. The lowest BCUT2D eigenvalue weighted by molar-refractivity contribution is -0.126. The number of carboxylic acid groups (broad SMARTS) is 1. The first-order valence-electron chi connectivity index (χ1n) is 8.20. The van der Waals surface area contributed by atoms with E-state index in [4.69, 9.17) is 5.11 Å². The highest BCUT2D eigenvalue weighted by Gasteiger charge is 2.38. The summed E-state index contributed by atoms with van der Waals surface area (Å²) < 4.78 is 0. The summed E-state index contributed by atoms with van der Waals surface area (Å²) in [6, 6.07) is 6.24. The van der Waals surface area contributed by atoms with Gasteiger partial charge >= 0.3 is 12.0 Å². The van der Waals surface area contributed by atoms with Crippen molar-refractivity contribution in [2.75, 3.05) is 6.54 Å². The van der Waals surface area contributed by atoms with Crippen LogP contribution in [0, 0.1) is 0 Å². The molecule has 2 fully saturated rings. The SMILES string of the molecule is O=C1CN(C(=O)NCc2ccc(C(=O)O)cc2)C2CCCCC2N1. The summed E-state index contributed by atoms with van der Waals surface area (Å²) in [4.78, 5) is 36.8. The minimum Gasteiger partial charge on any atom is -0.478 e. The van der Waals surface area contributed by atoms with Gasteiger partial charge in [0.2, 0.25) is 5.91 Å². The Morgan fingerprint density at radius 2 is 1.92 bits per heavy atom. The molecule has 7 nitrogen and oxygen atoms in total. The second-order valence-corrected chi connectivity index (χ2v) is 6.31. The van der Waals surface area contributed by atoms with E-state index in [0.29, 0.717) is 6.54 Å². The number of benzene rings is 1. The molecular formula is C17H21N3O4. The van der Waals surface area contributed by atoms with Crippen molar-refractivity contribution in [1.82, 2.24) is 15.5 Å².